The molecule has 0 bridgehead atoms. The topological polar surface area (TPSA) is 58.2 Å². The van der Waals surface area contributed by atoms with Crippen molar-refractivity contribution in [3.8, 4) is 0 Å². The van der Waals surface area contributed by atoms with E-state index in [1.807, 2.05) is 48.6 Å². The standard InChI is InChI=1S/C19H22N2O2/c1-3-4-5-6-7-8-9-14-19(23)21-18-13-11-10-12-17(18)15-20-16(2)22/h3-7,9-14H,1,8,15H2,2H3,(H,20,22)(H,21,23)/b5-4-,7-6-,14-9+. The second-order valence-electron chi connectivity index (χ2n) is 4.74. The molecule has 2 N–H and O–H groups in total. The van der Waals surface area contributed by atoms with Crippen LogP contribution in [0.15, 0.2) is 73.4 Å². The number of anilines is 1. The highest BCUT2D eigenvalue weighted by molar-refractivity contribution is 5.99. The van der Waals surface area contributed by atoms with Crippen LogP contribution in [0.4, 0.5) is 5.69 Å². The molecule has 2 amide bonds. The fourth-order valence-electron chi connectivity index (χ4n) is 1.74. The van der Waals surface area contributed by atoms with Crippen molar-refractivity contribution >= 4 is 17.5 Å². The Hall–Kier alpha value is -2.88. The van der Waals surface area contributed by atoms with Gasteiger partial charge in [0, 0.05) is 19.2 Å². The monoisotopic (exact) mass is 310 g/mol. The van der Waals surface area contributed by atoms with E-state index in [9.17, 15) is 9.59 Å². The van der Waals surface area contributed by atoms with E-state index in [0.717, 1.165) is 5.56 Å². The van der Waals surface area contributed by atoms with Crippen LogP contribution in [0.5, 0.6) is 0 Å². The van der Waals surface area contributed by atoms with Crippen molar-refractivity contribution in [1.29, 1.82) is 0 Å². The second-order valence-corrected chi connectivity index (χ2v) is 4.74. The Bertz CT molecular complexity index is 628. The summed E-state index contributed by atoms with van der Waals surface area (Å²) in [5, 5.41) is 5.54. The van der Waals surface area contributed by atoms with Gasteiger partial charge in [0.05, 0.1) is 0 Å². The number of hydrogen-bond acceptors (Lipinski definition) is 2. The predicted octanol–water partition coefficient (Wildman–Crippen LogP) is 3.51. The Kier molecular flexibility index (Phi) is 8.52. The summed E-state index contributed by atoms with van der Waals surface area (Å²) in [6.45, 7) is 5.42. The lowest BCUT2D eigenvalue weighted by Crippen LogP contribution is -2.20. The Morgan fingerprint density at radius 1 is 1.13 bits per heavy atom. The van der Waals surface area contributed by atoms with Crippen molar-refractivity contribution in [3.05, 3.63) is 78.9 Å². The third-order valence-electron chi connectivity index (χ3n) is 2.84. The Balaban J connectivity index is 2.53. The maximum atomic E-state index is 11.9. The van der Waals surface area contributed by atoms with Gasteiger partial charge in [-0.3, -0.25) is 9.59 Å². The van der Waals surface area contributed by atoms with E-state index in [-0.39, 0.29) is 11.8 Å². The molecule has 0 fully saturated rings. The minimum absolute atomic E-state index is 0.108. The van der Waals surface area contributed by atoms with Crippen LogP contribution in [0.3, 0.4) is 0 Å². The molecule has 1 rings (SSSR count). The highest BCUT2D eigenvalue weighted by Crippen LogP contribution is 2.14. The number of para-hydroxylation sites is 1. The number of rotatable bonds is 8. The van der Waals surface area contributed by atoms with Gasteiger partial charge in [-0.15, -0.1) is 0 Å². The van der Waals surface area contributed by atoms with Gasteiger partial charge >= 0.3 is 0 Å². The molecule has 0 aromatic heterocycles. The fraction of sp³-hybridized carbons (Fsp3) is 0.158. The lowest BCUT2D eigenvalue weighted by Gasteiger charge is -2.10. The number of hydrogen-bond donors (Lipinski definition) is 2. The SMILES string of the molecule is C=C/C=C\C=C/C/C=C/C(=O)Nc1ccccc1CNC(C)=O. The zero-order valence-corrected chi connectivity index (χ0v) is 13.3. The summed E-state index contributed by atoms with van der Waals surface area (Å²) in [6.07, 6.45) is 13.2. The van der Waals surface area contributed by atoms with Crippen molar-refractivity contribution < 1.29 is 9.59 Å². The number of carbonyl (C=O) groups excluding carboxylic acids is 2. The van der Waals surface area contributed by atoms with Gasteiger partial charge < -0.3 is 10.6 Å². The minimum Gasteiger partial charge on any atom is -0.352 e. The van der Waals surface area contributed by atoms with Crippen LogP contribution >= 0.6 is 0 Å². The second kappa shape index (κ2) is 10.8. The van der Waals surface area contributed by atoms with Crippen LogP contribution in [-0.4, -0.2) is 11.8 Å². The van der Waals surface area contributed by atoms with Crippen LogP contribution < -0.4 is 10.6 Å². The van der Waals surface area contributed by atoms with E-state index in [2.05, 4.69) is 17.2 Å². The van der Waals surface area contributed by atoms with E-state index >= 15 is 0 Å². The molecule has 0 heterocycles. The lowest BCUT2D eigenvalue weighted by atomic mass is 10.1. The largest absolute Gasteiger partial charge is 0.352 e. The predicted molar refractivity (Wildman–Crippen MR) is 94.8 cm³/mol. The van der Waals surface area contributed by atoms with Crippen molar-refractivity contribution in [2.75, 3.05) is 5.32 Å². The summed E-state index contributed by atoms with van der Waals surface area (Å²) in [6, 6.07) is 7.38. The van der Waals surface area contributed by atoms with Crippen molar-refractivity contribution in [2.45, 2.75) is 19.9 Å². The maximum Gasteiger partial charge on any atom is 0.248 e. The lowest BCUT2D eigenvalue weighted by molar-refractivity contribution is -0.119. The van der Waals surface area contributed by atoms with E-state index < -0.39 is 0 Å². The molecule has 0 saturated heterocycles. The Labute approximate surface area is 137 Å². The van der Waals surface area contributed by atoms with Gasteiger partial charge in [-0.1, -0.05) is 61.2 Å². The molecule has 0 spiro atoms. The van der Waals surface area contributed by atoms with E-state index in [1.54, 1.807) is 12.2 Å². The van der Waals surface area contributed by atoms with Gasteiger partial charge in [-0.25, -0.2) is 0 Å². The van der Waals surface area contributed by atoms with Crippen LogP contribution in [0, 0.1) is 0 Å². The molecule has 1 aromatic carbocycles. The molecule has 4 nitrogen and oxygen atoms in total. The molecule has 120 valence electrons. The summed E-state index contributed by atoms with van der Waals surface area (Å²) in [5.41, 5.74) is 1.55. The zero-order chi connectivity index (χ0) is 16.9. The summed E-state index contributed by atoms with van der Waals surface area (Å²) < 4.78 is 0. The smallest absolute Gasteiger partial charge is 0.248 e. The van der Waals surface area contributed by atoms with Gasteiger partial charge in [0.1, 0.15) is 0 Å². The first-order valence-corrected chi connectivity index (χ1v) is 7.37. The van der Waals surface area contributed by atoms with Crippen LogP contribution in [0.25, 0.3) is 0 Å². The molecule has 0 aliphatic rings. The first-order valence-electron chi connectivity index (χ1n) is 7.37. The average Bonchev–Trinajstić information content (AvgIpc) is 2.53. The molecule has 1 aromatic rings. The number of benzene rings is 1. The summed E-state index contributed by atoms with van der Waals surface area (Å²) in [7, 11) is 0. The molecule has 23 heavy (non-hydrogen) atoms. The van der Waals surface area contributed by atoms with Gasteiger partial charge in [0.15, 0.2) is 0 Å². The van der Waals surface area contributed by atoms with Crippen molar-refractivity contribution in [1.82, 2.24) is 5.32 Å². The number of allylic oxidation sites excluding steroid dienone is 6. The number of nitrogens with one attached hydrogen (secondary N) is 2. The van der Waals surface area contributed by atoms with Gasteiger partial charge in [0.25, 0.3) is 0 Å². The van der Waals surface area contributed by atoms with Crippen molar-refractivity contribution in [3.63, 3.8) is 0 Å². The van der Waals surface area contributed by atoms with Gasteiger partial charge in [-0.2, -0.15) is 0 Å². The third-order valence-corrected chi connectivity index (χ3v) is 2.84. The quantitative estimate of drug-likeness (QED) is 0.570. The molecular weight excluding hydrogens is 288 g/mol. The van der Waals surface area contributed by atoms with Crippen LogP contribution in [0.2, 0.25) is 0 Å². The molecule has 4 heteroatoms. The normalized spacial score (nSPS) is 11.2. The minimum atomic E-state index is -0.199. The number of carbonyl (C=O) groups is 2. The summed E-state index contributed by atoms with van der Waals surface area (Å²) in [4.78, 5) is 22.9. The molecule has 0 aliphatic heterocycles. The highest BCUT2D eigenvalue weighted by Gasteiger charge is 2.04. The highest BCUT2D eigenvalue weighted by atomic mass is 16.2. The van der Waals surface area contributed by atoms with Crippen LogP contribution in [-0.2, 0) is 16.1 Å². The van der Waals surface area contributed by atoms with E-state index in [0.29, 0.717) is 18.7 Å². The Morgan fingerprint density at radius 3 is 2.65 bits per heavy atom. The maximum absolute atomic E-state index is 11.9. The first kappa shape index (κ1) is 18.2. The summed E-state index contributed by atoms with van der Waals surface area (Å²) >= 11 is 0. The third kappa shape index (κ3) is 8.21. The van der Waals surface area contributed by atoms with Crippen LogP contribution in [0.1, 0.15) is 18.9 Å². The number of amides is 2. The molecule has 0 saturated carbocycles. The van der Waals surface area contributed by atoms with E-state index in [4.69, 9.17) is 0 Å². The first-order chi connectivity index (χ1) is 11.1. The van der Waals surface area contributed by atoms with E-state index in [1.165, 1.54) is 13.0 Å². The van der Waals surface area contributed by atoms with Crippen molar-refractivity contribution in [2.24, 2.45) is 0 Å². The molecular formula is C19H22N2O2. The molecule has 0 atom stereocenters. The Morgan fingerprint density at radius 2 is 1.91 bits per heavy atom. The molecule has 0 unspecified atom stereocenters. The average molecular weight is 310 g/mol. The molecule has 0 aliphatic carbocycles. The summed E-state index contributed by atoms with van der Waals surface area (Å²) in [5.74, 6) is -0.307. The van der Waals surface area contributed by atoms with Gasteiger partial charge in [-0.05, 0) is 24.1 Å². The molecule has 0 radical (unpaired) electrons. The zero-order valence-electron chi connectivity index (χ0n) is 13.3. The van der Waals surface area contributed by atoms with Gasteiger partial charge in [0.2, 0.25) is 11.8 Å². The fourth-order valence-corrected chi connectivity index (χ4v) is 1.74.